The van der Waals surface area contributed by atoms with Gasteiger partial charge in [0.15, 0.2) is 6.10 Å². The number of nitrogens with one attached hydrogen (secondary N) is 1. The molecule has 0 aliphatic heterocycles. The summed E-state index contributed by atoms with van der Waals surface area (Å²) in [5, 5.41) is 13.6. The number of hydrogen-bond donors (Lipinski definition) is 2. The van der Waals surface area contributed by atoms with Crippen LogP contribution in [0.2, 0.25) is 0 Å². The SMILES string of the molecule is C[C@H](OC(=O)C12C[C@H]3C[C@@H](CC(O)(C3)C1)C2)C(=O)NC1CC1. The first-order valence-corrected chi connectivity index (χ1v) is 8.61. The van der Waals surface area contributed by atoms with Crippen LogP contribution in [0.3, 0.4) is 0 Å². The highest BCUT2D eigenvalue weighted by Gasteiger charge is 2.61. The van der Waals surface area contributed by atoms with Crippen molar-refractivity contribution in [3.8, 4) is 0 Å². The molecule has 22 heavy (non-hydrogen) atoms. The average Bonchev–Trinajstić information content (AvgIpc) is 3.19. The zero-order valence-electron chi connectivity index (χ0n) is 13.1. The van der Waals surface area contributed by atoms with Crippen molar-refractivity contribution in [2.24, 2.45) is 17.3 Å². The molecule has 5 fully saturated rings. The maximum Gasteiger partial charge on any atom is 0.312 e. The Labute approximate surface area is 130 Å². The highest BCUT2D eigenvalue weighted by atomic mass is 16.5. The number of esters is 1. The van der Waals surface area contributed by atoms with Crippen LogP contribution in [0.5, 0.6) is 0 Å². The maximum absolute atomic E-state index is 12.7. The molecular formula is C17H25NO4. The second kappa shape index (κ2) is 4.70. The molecule has 5 heteroatoms. The summed E-state index contributed by atoms with van der Waals surface area (Å²) in [4.78, 5) is 24.7. The topological polar surface area (TPSA) is 75.6 Å². The fraction of sp³-hybridized carbons (Fsp3) is 0.882. The second-order valence-corrected chi connectivity index (χ2v) is 8.30. The first kappa shape index (κ1) is 14.5. The van der Waals surface area contributed by atoms with E-state index in [-0.39, 0.29) is 17.9 Å². The number of carbonyl (C=O) groups is 2. The van der Waals surface area contributed by atoms with Crippen LogP contribution in [0, 0.1) is 17.3 Å². The van der Waals surface area contributed by atoms with Crippen molar-refractivity contribution < 1.29 is 19.4 Å². The highest BCUT2D eigenvalue weighted by Crippen LogP contribution is 2.62. The molecule has 122 valence electrons. The monoisotopic (exact) mass is 307 g/mol. The van der Waals surface area contributed by atoms with Gasteiger partial charge in [0, 0.05) is 6.04 Å². The Kier molecular flexibility index (Phi) is 3.09. The molecule has 0 aromatic rings. The Morgan fingerprint density at radius 1 is 1.18 bits per heavy atom. The van der Waals surface area contributed by atoms with Gasteiger partial charge < -0.3 is 15.2 Å². The lowest BCUT2D eigenvalue weighted by Gasteiger charge is -2.58. The van der Waals surface area contributed by atoms with E-state index in [0.29, 0.717) is 18.3 Å². The van der Waals surface area contributed by atoms with E-state index in [1.165, 1.54) is 0 Å². The van der Waals surface area contributed by atoms with Crippen LogP contribution in [-0.4, -0.2) is 34.7 Å². The molecule has 0 aromatic carbocycles. The molecule has 5 aliphatic carbocycles. The lowest BCUT2D eigenvalue weighted by molar-refractivity contribution is -0.200. The molecule has 3 atom stereocenters. The Morgan fingerprint density at radius 2 is 1.82 bits per heavy atom. The largest absolute Gasteiger partial charge is 0.452 e. The van der Waals surface area contributed by atoms with Crippen molar-refractivity contribution in [3.05, 3.63) is 0 Å². The van der Waals surface area contributed by atoms with E-state index in [4.69, 9.17) is 4.74 Å². The second-order valence-electron chi connectivity index (χ2n) is 8.30. The predicted octanol–water partition coefficient (Wildman–Crippen LogP) is 1.53. The summed E-state index contributed by atoms with van der Waals surface area (Å²) in [5.74, 6) is 0.418. The Balaban J connectivity index is 1.44. The van der Waals surface area contributed by atoms with Gasteiger partial charge in [-0.2, -0.15) is 0 Å². The van der Waals surface area contributed by atoms with Crippen molar-refractivity contribution in [2.75, 3.05) is 0 Å². The normalized spacial score (nSPS) is 43.7. The van der Waals surface area contributed by atoms with Crippen LogP contribution in [-0.2, 0) is 14.3 Å². The summed E-state index contributed by atoms with van der Waals surface area (Å²) < 4.78 is 5.51. The van der Waals surface area contributed by atoms with Gasteiger partial charge in [0.2, 0.25) is 0 Å². The lowest BCUT2D eigenvalue weighted by atomic mass is 9.48. The van der Waals surface area contributed by atoms with Crippen molar-refractivity contribution in [1.29, 1.82) is 0 Å². The van der Waals surface area contributed by atoms with E-state index in [1.54, 1.807) is 6.92 Å². The standard InChI is InChI=1S/C17H25NO4/c1-10(14(19)18-13-2-3-13)22-15(20)16-5-11-4-12(6-16)8-17(21,7-11)9-16/h10-13,21H,2-9H2,1H3,(H,18,19)/t10-,11+,12+,16?,17?/m0/s1. The van der Waals surface area contributed by atoms with E-state index in [2.05, 4.69) is 5.32 Å². The van der Waals surface area contributed by atoms with Crippen LogP contribution in [0.1, 0.15) is 58.3 Å². The van der Waals surface area contributed by atoms with E-state index in [1.807, 2.05) is 0 Å². The number of aliphatic hydroxyl groups is 1. The molecule has 0 saturated heterocycles. The Bertz CT molecular complexity index is 499. The quantitative estimate of drug-likeness (QED) is 0.772. The molecule has 0 unspecified atom stereocenters. The number of carbonyl (C=O) groups excluding carboxylic acids is 2. The summed E-state index contributed by atoms with van der Waals surface area (Å²) >= 11 is 0. The summed E-state index contributed by atoms with van der Waals surface area (Å²) in [5.41, 5.74) is -1.23. The molecule has 0 aromatic heterocycles. The summed E-state index contributed by atoms with van der Waals surface area (Å²) in [6.07, 6.45) is 6.25. The number of rotatable bonds is 4. The smallest absolute Gasteiger partial charge is 0.312 e. The van der Waals surface area contributed by atoms with Gasteiger partial charge in [0.25, 0.3) is 5.91 Å². The zero-order chi connectivity index (χ0) is 15.5. The maximum atomic E-state index is 12.7. The third-order valence-corrected chi connectivity index (χ3v) is 6.04. The fourth-order valence-corrected chi connectivity index (χ4v) is 5.34. The first-order chi connectivity index (χ1) is 10.4. The Hall–Kier alpha value is -1.10. The molecule has 0 spiro atoms. The minimum Gasteiger partial charge on any atom is -0.452 e. The van der Waals surface area contributed by atoms with Crippen LogP contribution in [0.4, 0.5) is 0 Å². The summed E-state index contributed by atoms with van der Waals surface area (Å²) in [6.45, 7) is 1.64. The van der Waals surface area contributed by atoms with Gasteiger partial charge in [-0.05, 0) is 70.1 Å². The third-order valence-electron chi connectivity index (χ3n) is 6.04. The zero-order valence-corrected chi connectivity index (χ0v) is 13.1. The minimum atomic E-state index is -0.740. The van der Waals surface area contributed by atoms with Gasteiger partial charge in [-0.1, -0.05) is 0 Å². The van der Waals surface area contributed by atoms with Gasteiger partial charge in [-0.3, -0.25) is 9.59 Å². The van der Waals surface area contributed by atoms with E-state index in [9.17, 15) is 14.7 Å². The molecule has 5 aliphatic rings. The molecule has 0 radical (unpaired) electrons. The van der Waals surface area contributed by atoms with Crippen LogP contribution in [0.15, 0.2) is 0 Å². The molecular weight excluding hydrogens is 282 g/mol. The molecule has 1 amide bonds. The molecule has 2 N–H and O–H groups in total. The van der Waals surface area contributed by atoms with Crippen molar-refractivity contribution >= 4 is 11.9 Å². The molecule has 4 bridgehead atoms. The van der Waals surface area contributed by atoms with Gasteiger partial charge in [-0.15, -0.1) is 0 Å². The number of amides is 1. The van der Waals surface area contributed by atoms with Crippen molar-refractivity contribution in [3.63, 3.8) is 0 Å². The Morgan fingerprint density at radius 3 is 2.36 bits per heavy atom. The van der Waals surface area contributed by atoms with Gasteiger partial charge in [0.05, 0.1) is 11.0 Å². The van der Waals surface area contributed by atoms with Crippen LogP contribution in [0.25, 0.3) is 0 Å². The van der Waals surface area contributed by atoms with E-state index in [0.717, 1.165) is 44.9 Å². The third kappa shape index (κ3) is 2.43. The summed E-state index contributed by atoms with van der Waals surface area (Å²) in [7, 11) is 0. The van der Waals surface area contributed by atoms with Gasteiger partial charge in [-0.25, -0.2) is 0 Å². The van der Waals surface area contributed by atoms with Crippen molar-refractivity contribution in [1.82, 2.24) is 5.32 Å². The van der Waals surface area contributed by atoms with Crippen molar-refractivity contribution in [2.45, 2.75) is 76.0 Å². The molecule has 0 heterocycles. The molecule has 5 nitrogen and oxygen atoms in total. The average molecular weight is 307 g/mol. The van der Waals surface area contributed by atoms with Gasteiger partial charge in [0.1, 0.15) is 0 Å². The number of hydrogen-bond acceptors (Lipinski definition) is 4. The lowest BCUT2D eigenvalue weighted by Crippen LogP contribution is -2.59. The highest BCUT2D eigenvalue weighted by molar-refractivity contribution is 5.85. The number of ether oxygens (including phenoxy) is 1. The first-order valence-electron chi connectivity index (χ1n) is 8.61. The summed E-state index contributed by atoms with van der Waals surface area (Å²) in [6, 6.07) is 0.272. The van der Waals surface area contributed by atoms with Crippen LogP contribution >= 0.6 is 0 Å². The minimum absolute atomic E-state index is 0.195. The van der Waals surface area contributed by atoms with E-state index >= 15 is 0 Å². The molecule has 5 saturated carbocycles. The van der Waals surface area contributed by atoms with Crippen LogP contribution < -0.4 is 5.32 Å². The van der Waals surface area contributed by atoms with E-state index < -0.39 is 17.1 Å². The van der Waals surface area contributed by atoms with Gasteiger partial charge >= 0.3 is 5.97 Å². The fourth-order valence-electron chi connectivity index (χ4n) is 5.34. The predicted molar refractivity (Wildman–Crippen MR) is 78.8 cm³/mol. The molecule has 5 rings (SSSR count).